The maximum atomic E-state index is 4.94. The average molecular weight is 233 g/mol. The molecule has 0 saturated carbocycles. The van der Waals surface area contributed by atoms with Crippen molar-refractivity contribution in [2.45, 2.75) is 18.1 Å². The second-order valence-corrected chi connectivity index (χ2v) is 6.01. The van der Waals surface area contributed by atoms with E-state index in [0.29, 0.717) is 0 Å². The van der Waals surface area contributed by atoms with Crippen molar-refractivity contribution < 1.29 is 0 Å². The predicted octanol–water partition coefficient (Wildman–Crippen LogP) is 2.51. The highest BCUT2D eigenvalue weighted by Crippen LogP contribution is 2.26. The fourth-order valence-corrected chi connectivity index (χ4v) is 3.31. The van der Waals surface area contributed by atoms with Crippen LogP contribution in [0.2, 0.25) is 0 Å². The van der Waals surface area contributed by atoms with Crippen LogP contribution in [-0.4, -0.2) is 27.7 Å². The molecule has 1 atom stereocenters. The Morgan fingerprint density at radius 2 is 2.62 bits per heavy atom. The number of rotatable bonds is 3. The fraction of sp³-hybridized carbons (Fsp3) is 0.714. The van der Waals surface area contributed by atoms with Gasteiger partial charge in [0, 0.05) is 11.8 Å². The summed E-state index contributed by atoms with van der Waals surface area (Å²) in [5.74, 6) is 1.31. The first-order valence-corrected chi connectivity index (χ1v) is 6.53. The van der Waals surface area contributed by atoms with Gasteiger partial charge >= 0.3 is 0 Å². The highest BCUT2D eigenvalue weighted by molar-refractivity contribution is 8.00. The molecule has 72 valence electrons. The van der Waals surface area contributed by atoms with E-state index in [9.17, 15) is 0 Å². The Labute approximate surface area is 90.3 Å². The van der Waals surface area contributed by atoms with Crippen LogP contribution in [0.5, 0.6) is 0 Å². The first-order valence-electron chi connectivity index (χ1n) is 4.25. The van der Waals surface area contributed by atoms with Crippen molar-refractivity contribution in [3.05, 3.63) is 3.95 Å². The lowest BCUT2D eigenvalue weighted by Gasteiger charge is -2.07. The molecule has 0 aromatic carbocycles. The monoisotopic (exact) mass is 233 g/mol. The number of nitrogens with one attached hydrogen (secondary N) is 2. The maximum absolute atomic E-state index is 4.94. The molecule has 1 unspecified atom stereocenters. The number of aromatic amines is 1. The van der Waals surface area contributed by atoms with E-state index >= 15 is 0 Å². The van der Waals surface area contributed by atoms with Crippen molar-refractivity contribution in [1.29, 1.82) is 0 Å². The van der Waals surface area contributed by atoms with Gasteiger partial charge in [-0.05, 0) is 30.8 Å². The summed E-state index contributed by atoms with van der Waals surface area (Å²) in [5.41, 5.74) is 0. The average Bonchev–Trinajstić information content (AvgIpc) is 2.71. The van der Waals surface area contributed by atoms with E-state index in [-0.39, 0.29) is 0 Å². The summed E-state index contributed by atoms with van der Waals surface area (Å²) in [6.07, 6.45) is 2.68. The van der Waals surface area contributed by atoms with Crippen molar-refractivity contribution >= 4 is 40.4 Å². The van der Waals surface area contributed by atoms with E-state index in [1.165, 1.54) is 29.9 Å². The van der Waals surface area contributed by atoms with Gasteiger partial charge in [-0.25, -0.2) is 0 Å². The molecule has 0 amide bonds. The van der Waals surface area contributed by atoms with Gasteiger partial charge in [0.15, 0.2) is 3.95 Å². The number of nitrogens with zero attached hydrogens (tertiary/aromatic N) is 1. The molecule has 1 aromatic heterocycles. The zero-order chi connectivity index (χ0) is 9.10. The molecule has 0 radical (unpaired) electrons. The number of thioether (sulfide) groups is 1. The summed E-state index contributed by atoms with van der Waals surface area (Å²) in [6.45, 7) is 1.01. The Balaban J connectivity index is 1.82. The van der Waals surface area contributed by atoms with Crippen LogP contribution in [0.4, 0.5) is 5.13 Å². The van der Waals surface area contributed by atoms with Gasteiger partial charge in [0.1, 0.15) is 0 Å². The topological polar surface area (TPSA) is 40.7 Å². The van der Waals surface area contributed by atoms with Crippen molar-refractivity contribution in [1.82, 2.24) is 10.2 Å². The molecule has 0 bridgehead atoms. The Kier molecular flexibility index (Phi) is 3.23. The molecular formula is C7H11N3S3. The summed E-state index contributed by atoms with van der Waals surface area (Å²) in [4.78, 5) is 0. The summed E-state index contributed by atoms with van der Waals surface area (Å²) in [5, 5.41) is 11.8. The van der Waals surface area contributed by atoms with E-state index in [2.05, 4.69) is 15.5 Å². The van der Waals surface area contributed by atoms with Gasteiger partial charge in [-0.1, -0.05) is 11.3 Å². The van der Waals surface area contributed by atoms with Gasteiger partial charge in [-0.3, -0.25) is 5.10 Å². The highest BCUT2D eigenvalue weighted by Gasteiger charge is 2.15. The largest absolute Gasteiger partial charge is 0.359 e. The van der Waals surface area contributed by atoms with Crippen molar-refractivity contribution in [3.63, 3.8) is 0 Å². The van der Waals surface area contributed by atoms with Crippen molar-refractivity contribution in [3.8, 4) is 0 Å². The molecule has 1 aromatic rings. The summed E-state index contributed by atoms with van der Waals surface area (Å²) < 4.78 is 0.738. The molecule has 13 heavy (non-hydrogen) atoms. The molecule has 1 fully saturated rings. The molecule has 3 nitrogen and oxygen atoms in total. The lowest BCUT2D eigenvalue weighted by molar-refractivity contribution is 0.803. The Hall–Kier alpha value is -0.0700. The lowest BCUT2D eigenvalue weighted by Crippen LogP contribution is -2.13. The first kappa shape index (κ1) is 9.48. The highest BCUT2D eigenvalue weighted by atomic mass is 32.2. The van der Waals surface area contributed by atoms with E-state index in [1.54, 1.807) is 0 Å². The van der Waals surface area contributed by atoms with E-state index < -0.39 is 0 Å². The van der Waals surface area contributed by atoms with Crippen LogP contribution in [0.15, 0.2) is 0 Å². The molecule has 1 aliphatic rings. The quantitative estimate of drug-likeness (QED) is 0.787. The van der Waals surface area contributed by atoms with Crippen LogP contribution in [0.25, 0.3) is 0 Å². The molecule has 0 spiro atoms. The van der Waals surface area contributed by atoms with Crippen LogP contribution < -0.4 is 5.32 Å². The molecule has 2 heterocycles. The first-order chi connectivity index (χ1) is 6.34. The fourth-order valence-electron chi connectivity index (χ4n) is 1.31. The third-order valence-electron chi connectivity index (χ3n) is 1.94. The van der Waals surface area contributed by atoms with Gasteiger partial charge in [-0.2, -0.15) is 11.8 Å². The van der Waals surface area contributed by atoms with E-state index in [1.807, 2.05) is 11.8 Å². The molecule has 1 saturated heterocycles. The van der Waals surface area contributed by atoms with Gasteiger partial charge in [0.2, 0.25) is 5.13 Å². The standard InChI is InChI=1S/C7H11N3S3/c11-7-10-9-6(13-7)8-4-5-2-1-3-12-5/h5H,1-4H2,(H,8,9)(H,10,11). The van der Waals surface area contributed by atoms with Crippen LogP contribution in [0.3, 0.4) is 0 Å². The van der Waals surface area contributed by atoms with Crippen molar-refractivity contribution in [2.24, 2.45) is 0 Å². The molecule has 2 rings (SSSR count). The zero-order valence-electron chi connectivity index (χ0n) is 7.08. The smallest absolute Gasteiger partial charge is 0.204 e. The predicted molar refractivity (Wildman–Crippen MR) is 61.3 cm³/mol. The van der Waals surface area contributed by atoms with Gasteiger partial charge in [0.05, 0.1) is 0 Å². The second kappa shape index (κ2) is 4.43. The molecule has 1 aliphatic heterocycles. The van der Waals surface area contributed by atoms with Gasteiger partial charge < -0.3 is 5.32 Å². The SMILES string of the molecule is S=c1[nH]nc(NCC2CCCS2)s1. The van der Waals surface area contributed by atoms with Gasteiger partial charge in [0.25, 0.3) is 0 Å². The summed E-state index contributed by atoms with van der Waals surface area (Å²) in [6, 6.07) is 0. The number of H-pyrrole nitrogens is 1. The lowest BCUT2D eigenvalue weighted by atomic mass is 10.2. The van der Waals surface area contributed by atoms with E-state index in [0.717, 1.165) is 20.9 Å². The normalized spacial score (nSPS) is 22.0. The minimum Gasteiger partial charge on any atom is -0.359 e. The number of anilines is 1. The zero-order valence-corrected chi connectivity index (χ0v) is 9.53. The molecule has 0 aliphatic carbocycles. The van der Waals surface area contributed by atoms with Crippen LogP contribution >= 0.6 is 35.3 Å². The molecule has 6 heteroatoms. The second-order valence-electron chi connectivity index (χ2n) is 2.93. The Morgan fingerprint density at radius 1 is 1.69 bits per heavy atom. The maximum Gasteiger partial charge on any atom is 0.204 e. The van der Waals surface area contributed by atoms with Crippen LogP contribution in [0.1, 0.15) is 12.8 Å². The van der Waals surface area contributed by atoms with Gasteiger partial charge in [-0.15, -0.1) is 5.10 Å². The number of hydrogen-bond acceptors (Lipinski definition) is 5. The molecule has 2 N–H and O–H groups in total. The number of aromatic nitrogens is 2. The minimum atomic E-state index is 0.738. The summed E-state index contributed by atoms with van der Waals surface area (Å²) >= 11 is 8.48. The Morgan fingerprint density at radius 3 is 3.23 bits per heavy atom. The number of hydrogen-bond donors (Lipinski definition) is 2. The Bertz CT molecular complexity index is 313. The third-order valence-corrected chi connectivity index (χ3v) is 4.39. The third kappa shape index (κ3) is 2.69. The minimum absolute atomic E-state index is 0.738. The van der Waals surface area contributed by atoms with E-state index in [4.69, 9.17) is 12.2 Å². The van der Waals surface area contributed by atoms with Crippen LogP contribution in [-0.2, 0) is 0 Å². The van der Waals surface area contributed by atoms with Crippen LogP contribution in [0, 0.1) is 3.95 Å². The summed E-state index contributed by atoms with van der Waals surface area (Å²) in [7, 11) is 0. The molecular weight excluding hydrogens is 222 g/mol. The van der Waals surface area contributed by atoms with Crippen molar-refractivity contribution in [2.75, 3.05) is 17.6 Å².